The van der Waals surface area contributed by atoms with E-state index in [1.54, 1.807) is 0 Å². The average Bonchev–Trinajstić information content (AvgIpc) is 2.18. The predicted octanol–water partition coefficient (Wildman–Crippen LogP) is 0.750. The van der Waals surface area contributed by atoms with Gasteiger partial charge in [-0.25, -0.2) is 0 Å². The summed E-state index contributed by atoms with van der Waals surface area (Å²) in [7, 11) is 4.36. The molecule has 14 heavy (non-hydrogen) atoms. The van der Waals surface area contributed by atoms with E-state index in [4.69, 9.17) is 5.73 Å². The van der Waals surface area contributed by atoms with Gasteiger partial charge in [0.1, 0.15) is 0 Å². The summed E-state index contributed by atoms with van der Waals surface area (Å²) in [5.41, 5.74) is 5.59. The lowest BCUT2D eigenvalue weighted by Crippen LogP contribution is -2.48. The van der Waals surface area contributed by atoms with Gasteiger partial charge in [-0.2, -0.15) is 0 Å². The fourth-order valence-electron chi connectivity index (χ4n) is 2.23. The molecule has 0 aromatic heterocycles. The minimum atomic E-state index is 0.655. The van der Waals surface area contributed by atoms with Crippen LogP contribution in [0.4, 0.5) is 0 Å². The van der Waals surface area contributed by atoms with E-state index in [0.29, 0.717) is 6.04 Å². The van der Waals surface area contributed by atoms with Crippen LogP contribution in [-0.2, 0) is 0 Å². The van der Waals surface area contributed by atoms with E-state index in [-0.39, 0.29) is 0 Å². The fraction of sp³-hybridized carbons (Fsp3) is 1.00. The maximum Gasteiger partial charge on any atom is 0.0217 e. The van der Waals surface area contributed by atoms with Crippen molar-refractivity contribution in [2.45, 2.75) is 38.3 Å². The third-order valence-corrected chi connectivity index (χ3v) is 3.37. The summed E-state index contributed by atoms with van der Waals surface area (Å²) in [6.07, 6.45) is 3.80. The zero-order valence-electron chi connectivity index (χ0n) is 9.87. The minimum Gasteiger partial charge on any atom is -0.330 e. The number of hydrogen-bond acceptors (Lipinski definition) is 3. The molecular weight excluding hydrogens is 174 g/mol. The van der Waals surface area contributed by atoms with Crippen LogP contribution >= 0.6 is 0 Å². The summed E-state index contributed by atoms with van der Waals surface area (Å²) in [5, 5.41) is 0. The Morgan fingerprint density at radius 2 is 2.21 bits per heavy atom. The molecule has 0 aromatic rings. The van der Waals surface area contributed by atoms with Crippen LogP contribution in [0.3, 0.4) is 0 Å². The quantitative estimate of drug-likeness (QED) is 0.725. The van der Waals surface area contributed by atoms with Gasteiger partial charge in [-0.15, -0.1) is 0 Å². The highest BCUT2D eigenvalue weighted by Gasteiger charge is 2.23. The first-order valence-corrected chi connectivity index (χ1v) is 5.75. The number of likely N-dealkylation sites (tertiary alicyclic amines) is 1. The molecule has 0 spiro atoms. The molecular formula is C11H25N3. The van der Waals surface area contributed by atoms with Crippen molar-refractivity contribution in [3.05, 3.63) is 0 Å². The first-order chi connectivity index (χ1) is 6.65. The Bertz CT molecular complexity index is 159. The smallest absolute Gasteiger partial charge is 0.0217 e. The van der Waals surface area contributed by atoms with Crippen LogP contribution in [-0.4, -0.2) is 55.6 Å². The van der Waals surface area contributed by atoms with E-state index in [1.807, 2.05) is 0 Å². The number of nitrogens with two attached hydrogens (primary N) is 1. The first-order valence-electron chi connectivity index (χ1n) is 5.75. The first kappa shape index (κ1) is 12.0. The Hall–Kier alpha value is -0.120. The lowest BCUT2D eigenvalue weighted by molar-refractivity contribution is 0.0997. The van der Waals surface area contributed by atoms with E-state index in [0.717, 1.165) is 19.0 Å². The molecule has 0 bridgehead atoms. The predicted molar refractivity (Wildman–Crippen MR) is 61.4 cm³/mol. The molecule has 1 aliphatic rings. The second-order valence-electron chi connectivity index (χ2n) is 4.68. The fourth-order valence-corrected chi connectivity index (χ4v) is 2.23. The summed E-state index contributed by atoms with van der Waals surface area (Å²) >= 11 is 0. The van der Waals surface area contributed by atoms with Gasteiger partial charge in [-0.05, 0) is 53.4 Å². The number of rotatable bonds is 4. The Morgan fingerprint density at radius 1 is 1.50 bits per heavy atom. The summed E-state index contributed by atoms with van der Waals surface area (Å²) in [5.74, 6) is 0. The third-order valence-electron chi connectivity index (χ3n) is 3.37. The van der Waals surface area contributed by atoms with E-state index >= 15 is 0 Å². The lowest BCUT2D eigenvalue weighted by atomic mass is 10.0. The second-order valence-corrected chi connectivity index (χ2v) is 4.68. The topological polar surface area (TPSA) is 32.5 Å². The molecule has 3 heteroatoms. The summed E-state index contributed by atoms with van der Waals surface area (Å²) in [6.45, 7) is 5.58. The number of piperidine rings is 1. The Balaban J connectivity index is 2.39. The second kappa shape index (κ2) is 5.69. The van der Waals surface area contributed by atoms with Crippen LogP contribution < -0.4 is 5.73 Å². The molecule has 2 N–H and O–H groups in total. The highest BCUT2D eigenvalue weighted by Crippen LogP contribution is 2.16. The normalized spacial score (nSPS) is 26.8. The Morgan fingerprint density at radius 3 is 2.79 bits per heavy atom. The molecule has 1 fully saturated rings. The van der Waals surface area contributed by atoms with Crippen LogP contribution in [0.25, 0.3) is 0 Å². The molecule has 0 radical (unpaired) electrons. The summed E-state index contributed by atoms with van der Waals surface area (Å²) in [6, 6.07) is 1.40. The standard InChI is InChI=1S/C11H25N3/c1-10(6-7-12)14-8-4-5-11(9-14)13(2)3/h10-11H,4-9,12H2,1-3H3. The molecule has 0 aliphatic carbocycles. The SMILES string of the molecule is CC(CCN)N1CCCC(N(C)C)C1. The zero-order valence-corrected chi connectivity index (χ0v) is 9.87. The van der Waals surface area contributed by atoms with Crippen molar-refractivity contribution in [3.8, 4) is 0 Å². The van der Waals surface area contributed by atoms with Crippen LogP contribution in [0.15, 0.2) is 0 Å². The van der Waals surface area contributed by atoms with Gasteiger partial charge in [-0.3, -0.25) is 4.90 Å². The molecule has 0 saturated carbocycles. The molecule has 1 saturated heterocycles. The van der Waals surface area contributed by atoms with Gasteiger partial charge in [0.2, 0.25) is 0 Å². The Kier molecular flexibility index (Phi) is 4.85. The highest BCUT2D eigenvalue weighted by molar-refractivity contribution is 4.80. The van der Waals surface area contributed by atoms with Gasteiger partial charge in [0, 0.05) is 18.6 Å². The van der Waals surface area contributed by atoms with Gasteiger partial charge in [0.25, 0.3) is 0 Å². The van der Waals surface area contributed by atoms with Crippen LogP contribution in [0.2, 0.25) is 0 Å². The molecule has 2 unspecified atom stereocenters. The van der Waals surface area contributed by atoms with E-state index < -0.39 is 0 Å². The maximum atomic E-state index is 5.59. The molecule has 84 valence electrons. The summed E-state index contributed by atoms with van der Waals surface area (Å²) < 4.78 is 0. The van der Waals surface area contributed by atoms with Crippen LogP contribution in [0.5, 0.6) is 0 Å². The molecule has 1 rings (SSSR count). The summed E-state index contributed by atoms with van der Waals surface area (Å²) in [4.78, 5) is 4.93. The lowest BCUT2D eigenvalue weighted by Gasteiger charge is -2.39. The van der Waals surface area contributed by atoms with Crippen molar-refractivity contribution in [3.63, 3.8) is 0 Å². The van der Waals surface area contributed by atoms with Gasteiger partial charge < -0.3 is 10.6 Å². The number of hydrogen-bond donors (Lipinski definition) is 1. The molecule has 0 amide bonds. The van der Waals surface area contributed by atoms with Crippen LogP contribution in [0.1, 0.15) is 26.2 Å². The van der Waals surface area contributed by atoms with E-state index in [9.17, 15) is 0 Å². The van der Waals surface area contributed by atoms with Crippen molar-refractivity contribution in [2.24, 2.45) is 5.73 Å². The maximum absolute atomic E-state index is 5.59. The van der Waals surface area contributed by atoms with Crippen molar-refractivity contribution in [2.75, 3.05) is 33.7 Å². The van der Waals surface area contributed by atoms with E-state index in [1.165, 1.54) is 25.9 Å². The van der Waals surface area contributed by atoms with Gasteiger partial charge in [-0.1, -0.05) is 0 Å². The molecule has 2 atom stereocenters. The minimum absolute atomic E-state index is 0.655. The molecule has 3 nitrogen and oxygen atoms in total. The average molecular weight is 199 g/mol. The molecule has 1 heterocycles. The zero-order chi connectivity index (χ0) is 10.6. The van der Waals surface area contributed by atoms with Crippen molar-refractivity contribution in [1.29, 1.82) is 0 Å². The number of nitrogens with zero attached hydrogens (tertiary/aromatic N) is 2. The van der Waals surface area contributed by atoms with Gasteiger partial charge in [0.05, 0.1) is 0 Å². The van der Waals surface area contributed by atoms with Crippen molar-refractivity contribution in [1.82, 2.24) is 9.80 Å². The number of likely N-dealkylation sites (N-methyl/N-ethyl adjacent to an activating group) is 1. The highest BCUT2D eigenvalue weighted by atomic mass is 15.2. The largest absolute Gasteiger partial charge is 0.330 e. The van der Waals surface area contributed by atoms with Crippen LogP contribution in [0, 0.1) is 0 Å². The van der Waals surface area contributed by atoms with Crippen molar-refractivity contribution < 1.29 is 0 Å². The monoisotopic (exact) mass is 199 g/mol. The van der Waals surface area contributed by atoms with Gasteiger partial charge in [0.15, 0.2) is 0 Å². The molecule has 0 aromatic carbocycles. The molecule has 1 aliphatic heterocycles. The van der Waals surface area contributed by atoms with Crippen molar-refractivity contribution >= 4 is 0 Å². The van der Waals surface area contributed by atoms with E-state index in [2.05, 4.69) is 30.8 Å². The Labute approximate surface area is 88.2 Å². The third kappa shape index (κ3) is 3.23. The van der Waals surface area contributed by atoms with Gasteiger partial charge >= 0.3 is 0 Å².